The molecule has 1 heterocycles. The van der Waals surface area contributed by atoms with Crippen LogP contribution >= 0.6 is 0 Å². The zero-order valence-corrected chi connectivity index (χ0v) is 16.7. The second-order valence-corrected chi connectivity index (χ2v) is 7.38. The molecule has 2 aromatic carbocycles. The molecule has 7 nitrogen and oxygen atoms in total. The summed E-state index contributed by atoms with van der Waals surface area (Å²) < 4.78 is 5.47. The number of nitro benzene ring substituents is 1. The first kappa shape index (κ1) is 20.6. The standard InChI is InChI=1S/C22H27N3O4/c1-2-29-19-8-5-16(6-9-19)3-4-17-11-13-24(14-12-17)22(26)18-7-10-20(23)21(15-18)25(27)28/h5-10,15,17H,2-4,11-14,23H2,1H3. The van der Waals surface area contributed by atoms with Crippen molar-refractivity contribution in [3.63, 3.8) is 0 Å². The predicted octanol–water partition coefficient (Wildman–Crippen LogP) is 4.06. The maximum absolute atomic E-state index is 12.7. The Kier molecular flexibility index (Phi) is 6.69. The zero-order valence-electron chi connectivity index (χ0n) is 16.7. The number of carbonyl (C=O) groups excluding carboxylic acids is 1. The van der Waals surface area contributed by atoms with Gasteiger partial charge in [0.15, 0.2) is 0 Å². The summed E-state index contributed by atoms with van der Waals surface area (Å²) in [5.41, 5.74) is 7.08. The zero-order chi connectivity index (χ0) is 20.8. The van der Waals surface area contributed by atoms with Gasteiger partial charge in [-0.25, -0.2) is 0 Å². The van der Waals surface area contributed by atoms with E-state index in [9.17, 15) is 14.9 Å². The van der Waals surface area contributed by atoms with Crippen LogP contribution in [-0.2, 0) is 6.42 Å². The lowest BCUT2D eigenvalue weighted by molar-refractivity contribution is -0.383. The van der Waals surface area contributed by atoms with Gasteiger partial charge in [0.2, 0.25) is 0 Å². The molecule has 0 saturated carbocycles. The summed E-state index contributed by atoms with van der Waals surface area (Å²) in [6, 6.07) is 12.5. The lowest BCUT2D eigenvalue weighted by atomic mass is 9.90. The number of nitro groups is 1. The van der Waals surface area contributed by atoms with Gasteiger partial charge in [0.25, 0.3) is 11.6 Å². The fourth-order valence-corrected chi connectivity index (χ4v) is 3.73. The van der Waals surface area contributed by atoms with Gasteiger partial charge in [-0.05, 0) is 68.4 Å². The normalized spacial score (nSPS) is 14.6. The van der Waals surface area contributed by atoms with Crippen LogP contribution in [0.1, 0.15) is 42.1 Å². The highest BCUT2D eigenvalue weighted by molar-refractivity contribution is 5.95. The summed E-state index contributed by atoms with van der Waals surface area (Å²) in [6.07, 6.45) is 3.98. The first-order valence-electron chi connectivity index (χ1n) is 10.0. The fraction of sp³-hybridized carbons (Fsp3) is 0.409. The van der Waals surface area contributed by atoms with Crippen molar-refractivity contribution in [3.05, 3.63) is 63.7 Å². The Morgan fingerprint density at radius 1 is 1.21 bits per heavy atom. The smallest absolute Gasteiger partial charge is 0.292 e. The third-order valence-electron chi connectivity index (χ3n) is 5.45. The molecule has 0 radical (unpaired) electrons. The molecular formula is C22H27N3O4. The summed E-state index contributed by atoms with van der Waals surface area (Å²) >= 11 is 0. The Morgan fingerprint density at radius 3 is 2.52 bits per heavy atom. The molecule has 29 heavy (non-hydrogen) atoms. The number of benzene rings is 2. The molecule has 0 unspecified atom stereocenters. The number of nitrogens with two attached hydrogens (primary N) is 1. The number of rotatable bonds is 7. The molecular weight excluding hydrogens is 370 g/mol. The van der Waals surface area contributed by atoms with Gasteiger partial charge in [-0.2, -0.15) is 0 Å². The van der Waals surface area contributed by atoms with Crippen molar-refractivity contribution in [2.45, 2.75) is 32.6 Å². The number of hydrogen-bond acceptors (Lipinski definition) is 5. The van der Waals surface area contributed by atoms with Crippen molar-refractivity contribution >= 4 is 17.3 Å². The van der Waals surface area contributed by atoms with E-state index in [1.165, 1.54) is 17.7 Å². The van der Waals surface area contributed by atoms with Crippen LogP contribution < -0.4 is 10.5 Å². The minimum absolute atomic E-state index is 0.0690. The molecule has 1 fully saturated rings. The van der Waals surface area contributed by atoms with Crippen LogP contribution in [0.25, 0.3) is 0 Å². The van der Waals surface area contributed by atoms with Crippen molar-refractivity contribution in [1.82, 2.24) is 4.90 Å². The Balaban J connectivity index is 1.50. The number of hydrogen-bond donors (Lipinski definition) is 1. The molecule has 0 aromatic heterocycles. The number of amides is 1. The van der Waals surface area contributed by atoms with Gasteiger partial charge < -0.3 is 15.4 Å². The number of anilines is 1. The number of nitrogen functional groups attached to an aromatic ring is 1. The lowest BCUT2D eigenvalue weighted by Crippen LogP contribution is -2.38. The van der Waals surface area contributed by atoms with Gasteiger partial charge in [0.05, 0.1) is 11.5 Å². The number of piperidine rings is 1. The van der Waals surface area contributed by atoms with Crippen molar-refractivity contribution in [2.75, 3.05) is 25.4 Å². The third kappa shape index (κ3) is 5.25. The van der Waals surface area contributed by atoms with E-state index in [1.54, 1.807) is 11.0 Å². The molecule has 3 rings (SSSR count). The summed E-state index contributed by atoms with van der Waals surface area (Å²) in [6.45, 7) is 3.98. The maximum atomic E-state index is 12.7. The fourth-order valence-electron chi connectivity index (χ4n) is 3.73. The molecule has 1 amide bonds. The van der Waals surface area contributed by atoms with Gasteiger partial charge in [-0.15, -0.1) is 0 Å². The Labute approximate surface area is 170 Å². The SMILES string of the molecule is CCOc1ccc(CCC2CCN(C(=O)c3ccc(N)c([N+](=O)[O-])c3)CC2)cc1. The van der Waals surface area contributed by atoms with Gasteiger partial charge in [0, 0.05) is 24.7 Å². The number of nitrogens with zero attached hydrogens (tertiary/aromatic N) is 2. The number of aryl methyl sites for hydroxylation is 1. The molecule has 1 aliphatic rings. The van der Waals surface area contributed by atoms with E-state index in [2.05, 4.69) is 12.1 Å². The Hall–Kier alpha value is -3.09. The van der Waals surface area contributed by atoms with Crippen LogP contribution in [0.2, 0.25) is 0 Å². The van der Waals surface area contributed by atoms with Crippen molar-refractivity contribution < 1.29 is 14.5 Å². The molecule has 2 N–H and O–H groups in total. The molecule has 7 heteroatoms. The third-order valence-corrected chi connectivity index (χ3v) is 5.45. The molecule has 0 atom stereocenters. The molecule has 0 aliphatic carbocycles. The van der Waals surface area contributed by atoms with Crippen LogP contribution in [0.3, 0.4) is 0 Å². The van der Waals surface area contributed by atoms with Crippen LogP contribution in [-0.4, -0.2) is 35.4 Å². The number of ether oxygens (including phenoxy) is 1. The van der Waals surface area contributed by atoms with E-state index in [-0.39, 0.29) is 17.3 Å². The van der Waals surface area contributed by atoms with E-state index in [1.807, 2.05) is 19.1 Å². The second-order valence-electron chi connectivity index (χ2n) is 7.38. The minimum Gasteiger partial charge on any atom is -0.494 e. The summed E-state index contributed by atoms with van der Waals surface area (Å²) in [5, 5.41) is 11.0. The second kappa shape index (κ2) is 9.41. The van der Waals surface area contributed by atoms with E-state index in [0.717, 1.165) is 31.4 Å². The molecule has 0 bridgehead atoms. The van der Waals surface area contributed by atoms with Crippen molar-refractivity contribution in [3.8, 4) is 5.75 Å². The lowest BCUT2D eigenvalue weighted by Gasteiger charge is -2.32. The Morgan fingerprint density at radius 2 is 1.90 bits per heavy atom. The highest BCUT2D eigenvalue weighted by Gasteiger charge is 2.25. The van der Waals surface area contributed by atoms with Crippen LogP contribution in [0.15, 0.2) is 42.5 Å². The molecule has 154 valence electrons. The van der Waals surface area contributed by atoms with Gasteiger partial charge in [-0.3, -0.25) is 14.9 Å². The van der Waals surface area contributed by atoms with Crippen molar-refractivity contribution in [2.24, 2.45) is 5.92 Å². The number of carbonyl (C=O) groups is 1. The van der Waals surface area contributed by atoms with E-state index >= 15 is 0 Å². The monoisotopic (exact) mass is 397 g/mol. The summed E-state index contributed by atoms with van der Waals surface area (Å²) in [4.78, 5) is 25.0. The first-order chi connectivity index (χ1) is 14.0. The van der Waals surface area contributed by atoms with Crippen LogP contribution in [0.5, 0.6) is 5.75 Å². The van der Waals surface area contributed by atoms with Gasteiger partial charge in [-0.1, -0.05) is 12.1 Å². The molecule has 1 saturated heterocycles. The predicted molar refractivity (Wildman–Crippen MR) is 112 cm³/mol. The Bertz CT molecular complexity index is 859. The average Bonchev–Trinajstić information content (AvgIpc) is 2.73. The largest absolute Gasteiger partial charge is 0.494 e. The van der Waals surface area contributed by atoms with E-state index in [4.69, 9.17) is 10.5 Å². The van der Waals surface area contributed by atoms with E-state index < -0.39 is 4.92 Å². The summed E-state index contributed by atoms with van der Waals surface area (Å²) in [5.74, 6) is 1.30. The number of likely N-dealkylation sites (tertiary alicyclic amines) is 1. The molecule has 0 spiro atoms. The topological polar surface area (TPSA) is 98.7 Å². The first-order valence-corrected chi connectivity index (χ1v) is 10.0. The van der Waals surface area contributed by atoms with Crippen molar-refractivity contribution in [1.29, 1.82) is 0 Å². The quantitative estimate of drug-likeness (QED) is 0.431. The molecule has 2 aromatic rings. The van der Waals surface area contributed by atoms with Gasteiger partial charge in [0.1, 0.15) is 11.4 Å². The van der Waals surface area contributed by atoms with Gasteiger partial charge >= 0.3 is 0 Å². The minimum atomic E-state index is -0.556. The molecule has 1 aliphatic heterocycles. The highest BCUT2D eigenvalue weighted by Crippen LogP contribution is 2.26. The average molecular weight is 397 g/mol. The van der Waals surface area contributed by atoms with E-state index in [0.29, 0.717) is 31.2 Å². The highest BCUT2D eigenvalue weighted by atomic mass is 16.6. The van der Waals surface area contributed by atoms with Crippen LogP contribution in [0, 0.1) is 16.0 Å². The maximum Gasteiger partial charge on any atom is 0.292 e. The summed E-state index contributed by atoms with van der Waals surface area (Å²) in [7, 11) is 0. The van der Waals surface area contributed by atoms with Crippen LogP contribution in [0.4, 0.5) is 11.4 Å².